The summed E-state index contributed by atoms with van der Waals surface area (Å²) in [5, 5.41) is 0. The van der Waals surface area contributed by atoms with Gasteiger partial charge in [0.2, 0.25) is 0 Å². The maximum absolute atomic E-state index is 5.78. The molecule has 0 fully saturated rings. The summed E-state index contributed by atoms with van der Waals surface area (Å²) in [6.45, 7) is 13.3. The van der Waals surface area contributed by atoms with E-state index in [-0.39, 0.29) is 0 Å². The summed E-state index contributed by atoms with van der Waals surface area (Å²) in [6, 6.07) is 21.2. The molecule has 0 amide bonds. The van der Waals surface area contributed by atoms with E-state index >= 15 is 0 Å². The lowest BCUT2D eigenvalue weighted by Gasteiger charge is -2.29. The molecule has 0 heterocycles. The second-order valence-corrected chi connectivity index (χ2v) is 15.6. The Morgan fingerprint density at radius 2 is 1.55 bits per heavy atom. The molecule has 1 nitrogen and oxygen atoms in total. The first-order chi connectivity index (χ1) is 13.9. The fourth-order valence-corrected chi connectivity index (χ4v) is 7.45. The number of rotatable bonds is 11. The van der Waals surface area contributed by atoms with Gasteiger partial charge < -0.3 is 4.74 Å². The fourth-order valence-electron chi connectivity index (χ4n) is 3.28. The Labute approximate surface area is 183 Å². The van der Waals surface area contributed by atoms with Gasteiger partial charge in [0.25, 0.3) is 0 Å². The Kier molecular flexibility index (Phi) is 9.99. The van der Waals surface area contributed by atoms with E-state index in [1.807, 2.05) is 17.8 Å². The second-order valence-electron chi connectivity index (χ2n) is 8.71. The highest BCUT2D eigenvalue weighted by molar-refractivity contribution is 8.01. The largest absolute Gasteiger partial charge is 0.373 e. The number of hydrogen-bond donors (Lipinski definition) is 0. The SMILES string of the molecule is C/C(=C\COCc1ccccc1)CC/C=C(\C)C(Sc1ccccc1)[Si](C)(C)C. The van der Waals surface area contributed by atoms with Gasteiger partial charge in [0, 0.05) is 9.77 Å². The van der Waals surface area contributed by atoms with Crippen LogP contribution in [0.15, 0.2) is 88.9 Å². The van der Waals surface area contributed by atoms with E-state index in [1.54, 1.807) is 0 Å². The van der Waals surface area contributed by atoms with Crippen LogP contribution in [0, 0.1) is 0 Å². The molecule has 0 saturated heterocycles. The van der Waals surface area contributed by atoms with E-state index in [1.165, 1.54) is 21.6 Å². The molecular weight excluding hydrogens is 388 g/mol. The number of ether oxygens (including phenoxy) is 1. The van der Waals surface area contributed by atoms with Gasteiger partial charge in [-0.25, -0.2) is 0 Å². The van der Waals surface area contributed by atoms with Crippen LogP contribution in [0.1, 0.15) is 32.3 Å². The van der Waals surface area contributed by atoms with Crippen LogP contribution >= 0.6 is 11.8 Å². The average Bonchev–Trinajstić information content (AvgIpc) is 2.70. The van der Waals surface area contributed by atoms with Crippen molar-refractivity contribution in [3.63, 3.8) is 0 Å². The van der Waals surface area contributed by atoms with Gasteiger partial charge in [-0.3, -0.25) is 0 Å². The molecule has 29 heavy (non-hydrogen) atoms. The van der Waals surface area contributed by atoms with E-state index in [2.05, 4.69) is 100 Å². The van der Waals surface area contributed by atoms with Crippen molar-refractivity contribution < 1.29 is 4.74 Å². The summed E-state index contributed by atoms with van der Waals surface area (Å²) in [7, 11) is -1.31. The molecule has 0 aliphatic heterocycles. The van der Waals surface area contributed by atoms with E-state index in [9.17, 15) is 0 Å². The van der Waals surface area contributed by atoms with Gasteiger partial charge in [0.05, 0.1) is 21.3 Å². The summed E-state index contributed by atoms with van der Waals surface area (Å²) in [5.74, 6) is 0. The zero-order valence-corrected chi connectivity index (χ0v) is 20.5. The highest BCUT2D eigenvalue weighted by Gasteiger charge is 2.28. The van der Waals surface area contributed by atoms with Crippen LogP contribution < -0.4 is 0 Å². The third-order valence-corrected chi connectivity index (χ3v) is 10.5. The normalized spacial score (nSPS) is 14.1. The predicted octanol–water partition coefficient (Wildman–Crippen LogP) is 7.91. The first-order valence-electron chi connectivity index (χ1n) is 10.5. The molecule has 0 spiro atoms. The van der Waals surface area contributed by atoms with Crippen molar-refractivity contribution in [2.45, 2.75) is 62.7 Å². The van der Waals surface area contributed by atoms with Crippen molar-refractivity contribution in [1.29, 1.82) is 0 Å². The van der Waals surface area contributed by atoms with Crippen molar-refractivity contribution in [3.8, 4) is 0 Å². The van der Waals surface area contributed by atoms with Crippen molar-refractivity contribution in [2.24, 2.45) is 0 Å². The minimum absolute atomic E-state index is 0.614. The third-order valence-electron chi connectivity index (χ3n) is 4.86. The molecule has 0 saturated carbocycles. The Morgan fingerprint density at radius 3 is 2.17 bits per heavy atom. The first kappa shape index (κ1) is 23.7. The molecule has 2 rings (SSSR count). The molecular formula is C26H36OSSi. The van der Waals surface area contributed by atoms with E-state index in [4.69, 9.17) is 4.74 Å². The quantitative estimate of drug-likeness (QED) is 0.157. The third kappa shape index (κ3) is 9.20. The maximum Gasteiger partial charge on any atom is 0.0721 e. The number of hydrogen-bond acceptors (Lipinski definition) is 2. The molecule has 2 aromatic rings. The fraction of sp³-hybridized carbons (Fsp3) is 0.385. The Bertz CT molecular complexity index is 775. The molecule has 2 aromatic carbocycles. The van der Waals surface area contributed by atoms with Gasteiger partial charge in [-0.05, 0) is 44.4 Å². The molecule has 3 heteroatoms. The molecule has 0 N–H and O–H groups in total. The highest BCUT2D eigenvalue weighted by atomic mass is 32.2. The molecule has 0 aliphatic rings. The summed E-state index contributed by atoms with van der Waals surface area (Å²) in [4.78, 5) is 1.99. The summed E-state index contributed by atoms with van der Waals surface area (Å²) < 4.78 is 5.78. The van der Waals surface area contributed by atoms with Crippen LogP contribution in [0.3, 0.4) is 0 Å². The molecule has 0 aromatic heterocycles. The van der Waals surface area contributed by atoms with Crippen LogP contribution in [-0.4, -0.2) is 19.6 Å². The molecule has 1 atom stereocenters. The zero-order valence-electron chi connectivity index (χ0n) is 18.7. The van der Waals surface area contributed by atoms with Crippen molar-refractivity contribution >= 4 is 19.8 Å². The van der Waals surface area contributed by atoms with Gasteiger partial charge in [-0.1, -0.05) is 91.5 Å². The average molecular weight is 425 g/mol. The smallest absolute Gasteiger partial charge is 0.0721 e. The lowest BCUT2D eigenvalue weighted by molar-refractivity contribution is 0.148. The van der Waals surface area contributed by atoms with Crippen molar-refractivity contribution in [3.05, 3.63) is 89.5 Å². The van der Waals surface area contributed by atoms with Crippen LogP contribution in [0.4, 0.5) is 0 Å². The van der Waals surface area contributed by atoms with Gasteiger partial charge in [0.1, 0.15) is 0 Å². The number of allylic oxidation sites excluding steroid dienone is 2. The minimum atomic E-state index is -1.31. The van der Waals surface area contributed by atoms with Crippen molar-refractivity contribution in [2.75, 3.05) is 6.61 Å². The molecule has 156 valence electrons. The monoisotopic (exact) mass is 424 g/mol. The number of thioether (sulfide) groups is 1. The van der Waals surface area contributed by atoms with Gasteiger partial charge in [0.15, 0.2) is 0 Å². The van der Waals surface area contributed by atoms with Gasteiger partial charge in [-0.2, -0.15) is 0 Å². The zero-order chi connectivity index (χ0) is 21.1. The van der Waals surface area contributed by atoms with Crippen LogP contribution in [-0.2, 0) is 11.3 Å². The summed E-state index contributed by atoms with van der Waals surface area (Å²) in [5.41, 5.74) is 4.17. The Hall–Kier alpha value is -1.55. The minimum Gasteiger partial charge on any atom is -0.373 e. The van der Waals surface area contributed by atoms with Crippen LogP contribution in [0.25, 0.3) is 0 Å². The summed E-state index contributed by atoms with van der Waals surface area (Å²) in [6.07, 6.45) is 6.88. The second kappa shape index (κ2) is 12.2. The van der Waals surface area contributed by atoms with E-state index in [0.717, 1.165) is 12.8 Å². The van der Waals surface area contributed by atoms with Gasteiger partial charge >= 0.3 is 0 Å². The lowest BCUT2D eigenvalue weighted by atomic mass is 10.1. The molecule has 0 aliphatic carbocycles. The lowest BCUT2D eigenvalue weighted by Crippen LogP contribution is -2.36. The predicted molar refractivity (Wildman–Crippen MR) is 132 cm³/mol. The van der Waals surface area contributed by atoms with Crippen LogP contribution in [0.5, 0.6) is 0 Å². The molecule has 0 radical (unpaired) electrons. The van der Waals surface area contributed by atoms with E-state index in [0.29, 0.717) is 18.1 Å². The first-order valence-corrected chi connectivity index (χ1v) is 15.0. The standard InChI is InChI=1S/C26H36OSSi/c1-22(19-20-27-21-24-15-8-6-9-16-24)13-12-14-23(2)26(29(3,4)5)28-25-17-10-7-11-18-25/h6-11,14-19,26H,12-13,20-21H2,1-5H3/b22-19+,23-14+. The van der Waals surface area contributed by atoms with Crippen LogP contribution in [0.2, 0.25) is 19.6 Å². The summed E-state index contributed by atoms with van der Waals surface area (Å²) >= 11 is 2.04. The molecule has 1 unspecified atom stereocenters. The maximum atomic E-state index is 5.78. The Balaban J connectivity index is 1.82. The highest BCUT2D eigenvalue weighted by Crippen LogP contribution is 2.34. The topological polar surface area (TPSA) is 9.23 Å². The number of benzene rings is 2. The van der Waals surface area contributed by atoms with Crippen molar-refractivity contribution in [1.82, 2.24) is 0 Å². The Morgan fingerprint density at radius 1 is 0.931 bits per heavy atom. The van der Waals surface area contributed by atoms with Gasteiger partial charge in [-0.15, -0.1) is 11.8 Å². The van der Waals surface area contributed by atoms with E-state index < -0.39 is 8.07 Å². The molecule has 0 bridgehead atoms.